The molecule has 0 unspecified atom stereocenters. The summed E-state index contributed by atoms with van der Waals surface area (Å²) >= 11 is 2.27. The maximum absolute atomic E-state index is 12.2. The summed E-state index contributed by atoms with van der Waals surface area (Å²) in [6, 6.07) is 0. The second kappa shape index (κ2) is 12.4. The lowest BCUT2D eigenvalue weighted by atomic mass is 9.98. The van der Waals surface area contributed by atoms with Crippen LogP contribution in [0.4, 0.5) is 0 Å². The number of esters is 1. The number of rotatable bonds is 11. The van der Waals surface area contributed by atoms with Crippen LogP contribution in [0, 0.1) is 5.92 Å². The van der Waals surface area contributed by atoms with Crippen LogP contribution < -0.4 is 0 Å². The van der Waals surface area contributed by atoms with Gasteiger partial charge in [0.1, 0.15) is 0 Å². The van der Waals surface area contributed by atoms with E-state index in [0.29, 0.717) is 12.3 Å². The molecule has 0 aliphatic carbocycles. The zero-order chi connectivity index (χ0) is 21.3. The van der Waals surface area contributed by atoms with Crippen molar-refractivity contribution >= 4 is 36.9 Å². The van der Waals surface area contributed by atoms with Gasteiger partial charge in [-0.05, 0) is 59.9 Å². The van der Waals surface area contributed by atoms with Crippen LogP contribution in [0.1, 0.15) is 73.6 Å². The van der Waals surface area contributed by atoms with Crippen LogP contribution in [-0.2, 0) is 14.0 Å². The predicted molar refractivity (Wildman–Crippen MR) is 128 cm³/mol. The second-order valence-corrected chi connectivity index (χ2v) is 14.5. The smallest absolute Gasteiger partial charge is 0.333 e. The van der Waals surface area contributed by atoms with E-state index in [1.807, 2.05) is 6.08 Å². The number of hydrogen-bond acceptors (Lipinski definition) is 3. The van der Waals surface area contributed by atoms with Gasteiger partial charge in [0.2, 0.25) is 0 Å². The minimum Gasteiger partial charge on any atom is -0.466 e. The Morgan fingerprint density at radius 2 is 1.85 bits per heavy atom. The van der Waals surface area contributed by atoms with Gasteiger partial charge in [-0.25, -0.2) is 4.79 Å². The Balaban J connectivity index is 5.30. The molecular weight excluding hydrogens is 467 g/mol. The molecule has 3 nitrogen and oxygen atoms in total. The van der Waals surface area contributed by atoms with E-state index in [4.69, 9.17) is 9.16 Å². The first-order chi connectivity index (χ1) is 12.4. The fraction of sp³-hybridized carbons (Fsp3) is 0.773. The standard InChI is InChI=1S/C22H41IO3Si/c1-10-17(2)12-11-13-19(21(24)25-7)14-15-20(18(3)16-23)26-27(8,9)22(4,5)6/h14,16-17,20H,10-13,15H2,1-9H3/b18-16+,19-14-/t17-,20+/m1/s1. The average molecular weight is 509 g/mol. The Morgan fingerprint density at radius 1 is 1.26 bits per heavy atom. The van der Waals surface area contributed by atoms with Gasteiger partial charge in [0.25, 0.3) is 0 Å². The molecule has 27 heavy (non-hydrogen) atoms. The molecule has 2 atom stereocenters. The highest BCUT2D eigenvalue weighted by Gasteiger charge is 2.39. The molecule has 0 radical (unpaired) electrons. The molecule has 0 aromatic rings. The molecule has 0 aromatic carbocycles. The Labute approximate surface area is 182 Å². The van der Waals surface area contributed by atoms with Crippen LogP contribution in [-0.4, -0.2) is 27.5 Å². The molecule has 0 rings (SSSR count). The highest BCUT2D eigenvalue weighted by molar-refractivity contribution is 14.1. The van der Waals surface area contributed by atoms with E-state index in [-0.39, 0.29) is 17.1 Å². The Morgan fingerprint density at radius 3 is 2.30 bits per heavy atom. The van der Waals surface area contributed by atoms with Gasteiger partial charge in [-0.3, -0.25) is 0 Å². The van der Waals surface area contributed by atoms with Crippen LogP contribution in [0.3, 0.4) is 0 Å². The van der Waals surface area contributed by atoms with Gasteiger partial charge < -0.3 is 9.16 Å². The van der Waals surface area contributed by atoms with Crippen molar-refractivity contribution in [2.45, 2.75) is 97.9 Å². The molecule has 0 heterocycles. The number of hydrogen-bond donors (Lipinski definition) is 0. The number of carbonyl (C=O) groups is 1. The summed E-state index contributed by atoms with van der Waals surface area (Å²) in [7, 11) is -0.427. The summed E-state index contributed by atoms with van der Waals surface area (Å²) < 4.78 is 13.8. The molecule has 0 bridgehead atoms. The highest BCUT2D eigenvalue weighted by atomic mass is 127. The van der Waals surface area contributed by atoms with E-state index in [9.17, 15) is 4.79 Å². The van der Waals surface area contributed by atoms with Gasteiger partial charge in [0.05, 0.1) is 13.2 Å². The molecular formula is C22H41IO3Si. The van der Waals surface area contributed by atoms with Crippen molar-refractivity contribution in [3.8, 4) is 0 Å². The number of methoxy groups -OCH3 is 1. The summed E-state index contributed by atoms with van der Waals surface area (Å²) in [4.78, 5) is 12.2. The maximum atomic E-state index is 12.2. The maximum Gasteiger partial charge on any atom is 0.333 e. The second-order valence-electron chi connectivity index (χ2n) is 9.08. The first kappa shape index (κ1) is 26.9. The largest absolute Gasteiger partial charge is 0.466 e. The molecule has 0 aliphatic rings. The van der Waals surface area contributed by atoms with E-state index < -0.39 is 8.32 Å². The lowest BCUT2D eigenvalue weighted by Crippen LogP contribution is -2.44. The topological polar surface area (TPSA) is 35.5 Å². The van der Waals surface area contributed by atoms with Gasteiger partial charge in [-0.2, -0.15) is 0 Å². The molecule has 0 spiro atoms. The van der Waals surface area contributed by atoms with Gasteiger partial charge in [0.15, 0.2) is 8.32 Å². The van der Waals surface area contributed by atoms with Crippen LogP contribution in [0.25, 0.3) is 0 Å². The zero-order valence-corrected chi connectivity index (χ0v) is 22.1. The Bertz CT molecular complexity index is 518. The van der Waals surface area contributed by atoms with E-state index in [2.05, 4.69) is 81.3 Å². The van der Waals surface area contributed by atoms with E-state index >= 15 is 0 Å². The Hall–Kier alpha value is -0.143. The third-order valence-electron chi connectivity index (χ3n) is 5.79. The molecule has 0 aliphatic heterocycles. The van der Waals surface area contributed by atoms with Crippen molar-refractivity contribution in [2.24, 2.45) is 5.92 Å². The van der Waals surface area contributed by atoms with Crippen molar-refractivity contribution in [2.75, 3.05) is 7.11 Å². The summed E-state index contributed by atoms with van der Waals surface area (Å²) in [6.45, 7) is 17.9. The Kier molecular flexibility index (Phi) is 12.4. The number of ether oxygens (including phenoxy) is 1. The van der Waals surface area contributed by atoms with Crippen LogP contribution in [0.15, 0.2) is 21.3 Å². The van der Waals surface area contributed by atoms with Crippen molar-refractivity contribution in [1.29, 1.82) is 0 Å². The fourth-order valence-electron chi connectivity index (χ4n) is 2.44. The predicted octanol–water partition coefficient (Wildman–Crippen LogP) is 7.42. The SMILES string of the molecule is CC[C@@H](C)CCC/C(=C/C[C@H](O[Si](C)(C)C(C)(C)C)/C(C)=C/I)C(=O)OC. The molecule has 0 aromatic heterocycles. The average Bonchev–Trinajstić information content (AvgIpc) is 2.60. The van der Waals surface area contributed by atoms with Gasteiger partial charge in [-0.1, -0.05) is 76.1 Å². The molecule has 158 valence electrons. The first-order valence-corrected chi connectivity index (χ1v) is 14.3. The summed E-state index contributed by atoms with van der Waals surface area (Å²) in [5, 5.41) is 0.155. The zero-order valence-electron chi connectivity index (χ0n) is 18.9. The van der Waals surface area contributed by atoms with Crippen molar-refractivity contribution in [1.82, 2.24) is 0 Å². The first-order valence-electron chi connectivity index (χ1n) is 10.1. The number of halogens is 1. The molecule has 0 saturated heterocycles. The van der Waals surface area contributed by atoms with Crippen LogP contribution in [0.5, 0.6) is 0 Å². The van der Waals surface area contributed by atoms with E-state index in [0.717, 1.165) is 24.8 Å². The molecule has 0 saturated carbocycles. The monoisotopic (exact) mass is 508 g/mol. The lowest BCUT2D eigenvalue weighted by molar-refractivity contribution is -0.136. The molecule has 0 N–H and O–H groups in total. The molecule has 0 amide bonds. The molecule has 0 fully saturated rings. The van der Waals surface area contributed by atoms with Crippen molar-refractivity contribution in [3.05, 3.63) is 21.3 Å². The van der Waals surface area contributed by atoms with Gasteiger partial charge in [0, 0.05) is 5.57 Å². The normalized spacial score (nSPS) is 16.2. The molecule has 5 heteroatoms. The third kappa shape index (κ3) is 9.75. The lowest BCUT2D eigenvalue weighted by Gasteiger charge is -2.39. The van der Waals surface area contributed by atoms with Gasteiger partial charge >= 0.3 is 5.97 Å². The van der Waals surface area contributed by atoms with Crippen LogP contribution >= 0.6 is 22.6 Å². The minimum absolute atomic E-state index is 0.0111. The van der Waals surface area contributed by atoms with Gasteiger partial charge in [-0.15, -0.1) is 0 Å². The van der Waals surface area contributed by atoms with Crippen LogP contribution in [0.2, 0.25) is 18.1 Å². The minimum atomic E-state index is -1.89. The fourth-order valence-corrected chi connectivity index (χ4v) is 4.19. The van der Waals surface area contributed by atoms with E-state index in [1.165, 1.54) is 19.1 Å². The number of carbonyl (C=O) groups excluding carboxylic acids is 1. The summed E-state index contributed by atoms with van der Waals surface area (Å²) in [5.74, 6) is 0.490. The van der Waals surface area contributed by atoms with E-state index in [1.54, 1.807) is 0 Å². The summed E-state index contributed by atoms with van der Waals surface area (Å²) in [6.07, 6.45) is 6.88. The van der Waals surface area contributed by atoms with Crippen molar-refractivity contribution in [3.63, 3.8) is 0 Å². The van der Waals surface area contributed by atoms with Crippen molar-refractivity contribution < 1.29 is 14.0 Å². The quantitative estimate of drug-likeness (QED) is 0.126. The third-order valence-corrected chi connectivity index (χ3v) is 11.3. The summed E-state index contributed by atoms with van der Waals surface area (Å²) in [5.41, 5.74) is 1.99. The highest BCUT2D eigenvalue weighted by Crippen LogP contribution is 2.38.